The quantitative estimate of drug-likeness (QED) is 0.540. The molecule has 1 saturated heterocycles. The summed E-state index contributed by atoms with van der Waals surface area (Å²) in [6.45, 7) is 4.16. The molecule has 4 amide bonds. The van der Waals surface area contributed by atoms with Crippen LogP contribution in [0.25, 0.3) is 0 Å². The van der Waals surface area contributed by atoms with E-state index in [1.807, 2.05) is 13.8 Å². The molecule has 2 aromatic heterocycles. The average molecular weight is 494 g/mol. The maximum absolute atomic E-state index is 13.8. The largest absolute Gasteiger partial charge is 0.384 e. The number of nitrogens with one attached hydrogen (secondary N) is 1. The summed E-state index contributed by atoms with van der Waals surface area (Å²) >= 11 is 0. The van der Waals surface area contributed by atoms with E-state index < -0.39 is 18.0 Å². The standard InChI is InChI=1S/C26H35N7O3/c1-3-20(18-9-6-5-7-10-18)31-26(36)33-22(24(35)32(4-2)25-29-12-8-13-30-25)19(23(33)34)15-17-11-14-28-21(27)16-17/h8,11-14,16,18-20,22H,3-7,9-10,15H2,1-2H3,(H2,27,28)(H,31,36)/t19-,20?,22+/m1/s1. The Hall–Kier alpha value is -3.56. The predicted molar refractivity (Wildman–Crippen MR) is 136 cm³/mol. The van der Waals surface area contributed by atoms with E-state index in [0.717, 1.165) is 42.6 Å². The van der Waals surface area contributed by atoms with E-state index in [-0.39, 0.29) is 30.2 Å². The van der Waals surface area contributed by atoms with Crippen molar-refractivity contribution in [2.75, 3.05) is 17.2 Å². The third-order valence-corrected chi connectivity index (χ3v) is 7.33. The van der Waals surface area contributed by atoms with E-state index in [4.69, 9.17) is 5.73 Å². The number of anilines is 2. The molecule has 2 aliphatic rings. The second-order valence-electron chi connectivity index (χ2n) is 9.55. The Bertz CT molecular complexity index is 1070. The molecule has 10 nitrogen and oxygen atoms in total. The summed E-state index contributed by atoms with van der Waals surface area (Å²) in [6.07, 6.45) is 11.4. The first-order valence-corrected chi connectivity index (χ1v) is 12.9. The SMILES string of the molecule is CCC(NC(=O)N1C(=O)[C@H](Cc2ccnc(N)c2)[C@H]1C(=O)N(CC)c1ncccn1)C1CCCCC1. The molecule has 0 radical (unpaired) electrons. The van der Waals surface area contributed by atoms with E-state index in [2.05, 4.69) is 20.3 Å². The van der Waals surface area contributed by atoms with Crippen molar-refractivity contribution in [2.24, 2.45) is 11.8 Å². The zero-order chi connectivity index (χ0) is 25.7. The summed E-state index contributed by atoms with van der Waals surface area (Å²) in [5.74, 6) is -0.481. The molecule has 36 heavy (non-hydrogen) atoms. The molecule has 1 aliphatic carbocycles. The molecule has 3 N–H and O–H groups in total. The Labute approximate surface area is 211 Å². The number of carbonyl (C=O) groups is 3. The number of amides is 4. The van der Waals surface area contributed by atoms with Crippen LogP contribution in [-0.4, -0.2) is 56.3 Å². The van der Waals surface area contributed by atoms with Gasteiger partial charge in [0, 0.05) is 31.2 Å². The topological polar surface area (TPSA) is 134 Å². The molecule has 192 valence electrons. The number of likely N-dealkylation sites (tertiary alicyclic amines) is 1. The third-order valence-electron chi connectivity index (χ3n) is 7.33. The van der Waals surface area contributed by atoms with Gasteiger partial charge in [0.1, 0.15) is 11.9 Å². The number of nitrogens with two attached hydrogens (primary N) is 1. The summed E-state index contributed by atoms with van der Waals surface area (Å²) in [5.41, 5.74) is 6.61. The van der Waals surface area contributed by atoms with Gasteiger partial charge in [-0.05, 0) is 62.3 Å². The van der Waals surface area contributed by atoms with Crippen molar-refractivity contribution < 1.29 is 14.4 Å². The van der Waals surface area contributed by atoms with Gasteiger partial charge in [-0.15, -0.1) is 0 Å². The van der Waals surface area contributed by atoms with E-state index in [0.29, 0.717) is 18.3 Å². The molecule has 2 aromatic rings. The van der Waals surface area contributed by atoms with E-state index >= 15 is 0 Å². The lowest BCUT2D eigenvalue weighted by atomic mass is 9.81. The van der Waals surface area contributed by atoms with Gasteiger partial charge >= 0.3 is 6.03 Å². The van der Waals surface area contributed by atoms with E-state index in [9.17, 15) is 14.4 Å². The molecule has 0 bridgehead atoms. The highest BCUT2D eigenvalue weighted by Crippen LogP contribution is 2.34. The van der Waals surface area contributed by atoms with E-state index in [1.165, 1.54) is 11.3 Å². The van der Waals surface area contributed by atoms with Crippen LogP contribution < -0.4 is 16.0 Å². The van der Waals surface area contributed by atoms with Crippen molar-refractivity contribution in [2.45, 2.75) is 70.9 Å². The number of rotatable bonds is 8. The van der Waals surface area contributed by atoms with Gasteiger partial charge in [-0.25, -0.2) is 19.7 Å². The molecule has 1 unspecified atom stereocenters. The average Bonchev–Trinajstić information content (AvgIpc) is 2.90. The number of hydrogen-bond acceptors (Lipinski definition) is 7. The first kappa shape index (κ1) is 25.5. The number of urea groups is 1. The van der Waals surface area contributed by atoms with E-state index in [1.54, 1.807) is 36.8 Å². The number of likely N-dealkylation sites (N-methyl/N-ethyl adjacent to an activating group) is 1. The van der Waals surface area contributed by atoms with Gasteiger partial charge in [-0.1, -0.05) is 26.2 Å². The summed E-state index contributed by atoms with van der Waals surface area (Å²) in [4.78, 5) is 55.5. The molecule has 0 aromatic carbocycles. The van der Waals surface area contributed by atoms with Crippen molar-refractivity contribution >= 4 is 29.6 Å². The Morgan fingerprint density at radius 1 is 1.14 bits per heavy atom. The van der Waals surface area contributed by atoms with Crippen molar-refractivity contribution in [3.63, 3.8) is 0 Å². The zero-order valence-corrected chi connectivity index (χ0v) is 21.0. The fourth-order valence-corrected chi connectivity index (χ4v) is 5.44. The number of nitrogen functional groups attached to an aromatic ring is 1. The number of β-lactam (4-membered cyclic amide) rings is 1. The Kier molecular flexibility index (Phi) is 8.12. The van der Waals surface area contributed by atoms with Crippen LogP contribution in [0.3, 0.4) is 0 Å². The van der Waals surface area contributed by atoms with Crippen molar-refractivity contribution in [3.05, 3.63) is 42.4 Å². The molecule has 3 atom stereocenters. The normalized spacial score (nSPS) is 20.9. The molecule has 3 heterocycles. The van der Waals surface area contributed by atoms with Crippen LogP contribution in [0, 0.1) is 11.8 Å². The van der Waals surface area contributed by atoms with Crippen LogP contribution in [0.1, 0.15) is 57.9 Å². The summed E-state index contributed by atoms with van der Waals surface area (Å²) in [6, 6.07) is 3.63. The minimum absolute atomic E-state index is 0.0277. The van der Waals surface area contributed by atoms with Crippen LogP contribution in [0.4, 0.5) is 16.6 Å². The van der Waals surface area contributed by atoms with Gasteiger partial charge in [-0.2, -0.15) is 0 Å². The second kappa shape index (κ2) is 11.5. The maximum Gasteiger partial charge on any atom is 0.325 e. The molecule has 0 spiro atoms. The van der Waals surface area contributed by atoms with Crippen LogP contribution in [0.2, 0.25) is 0 Å². The van der Waals surface area contributed by atoms with Crippen molar-refractivity contribution in [1.82, 2.24) is 25.2 Å². The summed E-state index contributed by atoms with van der Waals surface area (Å²) < 4.78 is 0. The monoisotopic (exact) mass is 493 g/mol. The molecule has 10 heteroatoms. The fourth-order valence-electron chi connectivity index (χ4n) is 5.44. The molecular weight excluding hydrogens is 458 g/mol. The third kappa shape index (κ3) is 5.32. The highest BCUT2D eigenvalue weighted by molar-refractivity contribution is 6.12. The fraction of sp³-hybridized carbons (Fsp3) is 0.538. The first-order chi connectivity index (χ1) is 17.4. The Morgan fingerprint density at radius 2 is 1.86 bits per heavy atom. The number of hydrogen-bond donors (Lipinski definition) is 2. The van der Waals surface area contributed by atoms with Gasteiger partial charge < -0.3 is 11.1 Å². The highest BCUT2D eigenvalue weighted by Gasteiger charge is 2.56. The minimum atomic E-state index is -0.959. The summed E-state index contributed by atoms with van der Waals surface area (Å²) in [7, 11) is 0. The second-order valence-corrected chi connectivity index (χ2v) is 9.55. The van der Waals surface area contributed by atoms with Gasteiger partial charge in [0.15, 0.2) is 0 Å². The van der Waals surface area contributed by atoms with Crippen molar-refractivity contribution in [3.8, 4) is 0 Å². The number of pyridine rings is 1. The Morgan fingerprint density at radius 3 is 2.50 bits per heavy atom. The number of carbonyl (C=O) groups excluding carboxylic acids is 3. The zero-order valence-electron chi connectivity index (χ0n) is 21.0. The van der Waals surface area contributed by atoms with Crippen LogP contribution in [0.5, 0.6) is 0 Å². The molecule has 2 fully saturated rings. The highest BCUT2D eigenvalue weighted by atomic mass is 16.2. The lowest BCUT2D eigenvalue weighted by Gasteiger charge is -2.46. The Balaban J connectivity index is 1.58. The molecular formula is C26H35N7O3. The van der Waals surface area contributed by atoms with Gasteiger partial charge in [0.2, 0.25) is 11.9 Å². The molecule has 1 saturated carbocycles. The van der Waals surface area contributed by atoms with Crippen molar-refractivity contribution in [1.29, 1.82) is 0 Å². The number of imide groups is 1. The number of nitrogens with zero attached hydrogens (tertiary/aromatic N) is 5. The minimum Gasteiger partial charge on any atom is -0.384 e. The van der Waals surface area contributed by atoms with Gasteiger partial charge in [0.05, 0.1) is 5.92 Å². The van der Waals surface area contributed by atoms with Crippen LogP contribution in [-0.2, 0) is 16.0 Å². The maximum atomic E-state index is 13.8. The number of aromatic nitrogens is 3. The smallest absolute Gasteiger partial charge is 0.325 e. The predicted octanol–water partition coefficient (Wildman–Crippen LogP) is 2.94. The lowest BCUT2D eigenvalue weighted by molar-refractivity contribution is -0.156. The van der Waals surface area contributed by atoms with Crippen LogP contribution >= 0.6 is 0 Å². The lowest BCUT2D eigenvalue weighted by Crippen LogP contribution is -2.71. The first-order valence-electron chi connectivity index (χ1n) is 12.9. The van der Waals surface area contributed by atoms with Crippen LogP contribution in [0.15, 0.2) is 36.8 Å². The molecule has 4 rings (SSSR count). The van der Waals surface area contributed by atoms with Gasteiger partial charge in [-0.3, -0.25) is 19.4 Å². The van der Waals surface area contributed by atoms with Gasteiger partial charge in [0.25, 0.3) is 5.91 Å². The summed E-state index contributed by atoms with van der Waals surface area (Å²) in [5, 5.41) is 3.08. The molecule has 1 aliphatic heterocycles.